The second kappa shape index (κ2) is 6.74. The van der Waals surface area contributed by atoms with Crippen LogP contribution in [0.2, 0.25) is 5.02 Å². The smallest absolute Gasteiger partial charge is 0.266 e. The van der Waals surface area contributed by atoms with Gasteiger partial charge in [0.05, 0.1) is 16.0 Å². The molecule has 1 aromatic heterocycles. The molecule has 21 heavy (non-hydrogen) atoms. The van der Waals surface area contributed by atoms with Crippen molar-refractivity contribution in [1.82, 2.24) is 4.72 Å². The lowest BCUT2D eigenvalue weighted by atomic mass is 10.2. The summed E-state index contributed by atoms with van der Waals surface area (Å²) in [5, 5.41) is 2.94. The summed E-state index contributed by atoms with van der Waals surface area (Å²) >= 11 is 10.5. The Morgan fingerprint density at radius 2 is 2.10 bits per heavy atom. The van der Waals surface area contributed by atoms with Gasteiger partial charge in [-0.05, 0) is 35.7 Å². The number of amides is 1. The Morgan fingerprint density at radius 1 is 1.33 bits per heavy atom. The minimum atomic E-state index is -3.88. The Kier molecular flexibility index (Phi) is 5.21. The zero-order valence-electron chi connectivity index (χ0n) is 10.4. The van der Waals surface area contributed by atoms with Crippen LogP contribution in [0.15, 0.2) is 45.6 Å². The summed E-state index contributed by atoms with van der Waals surface area (Å²) in [5.74, 6) is -0.775. The SMILES string of the molecule is O=C(NS(=O)(=O)C=Cc1cccs1)c1ccc(Br)cc1Cl. The molecule has 0 radical (unpaired) electrons. The van der Waals surface area contributed by atoms with E-state index in [1.54, 1.807) is 18.2 Å². The van der Waals surface area contributed by atoms with E-state index in [4.69, 9.17) is 11.6 Å². The van der Waals surface area contributed by atoms with Crippen molar-refractivity contribution in [1.29, 1.82) is 0 Å². The molecular weight excluding hydrogens is 398 g/mol. The van der Waals surface area contributed by atoms with E-state index in [9.17, 15) is 13.2 Å². The van der Waals surface area contributed by atoms with Gasteiger partial charge in [0.25, 0.3) is 15.9 Å². The molecule has 0 unspecified atom stereocenters. The van der Waals surface area contributed by atoms with E-state index in [-0.39, 0.29) is 10.6 Å². The first kappa shape index (κ1) is 16.2. The molecule has 0 aliphatic carbocycles. The Morgan fingerprint density at radius 3 is 2.71 bits per heavy atom. The molecule has 0 aliphatic rings. The molecule has 0 saturated heterocycles. The van der Waals surface area contributed by atoms with E-state index >= 15 is 0 Å². The molecule has 0 fully saturated rings. The van der Waals surface area contributed by atoms with Crippen molar-refractivity contribution in [3.05, 3.63) is 61.1 Å². The maximum Gasteiger partial charge on any atom is 0.266 e. The van der Waals surface area contributed by atoms with Gasteiger partial charge in [0.2, 0.25) is 0 Å². The highest BCUT2D eigenvalue weighted by Gasteiger charge is 2.16. The van der Waals surface area contributed by atoms with Crippen LogP contribution in [0.25, 0.3) is 6.08 Å². The zero-order valence-corrected chi connectivity index (χ0v) is 14.4. The third-order valence-corrected chi connectivity index (χ3v) is 4.97. The highest BCUT2D eigenvalue weighted by molar-refractivity contribution is 9.10. The van der Waals surface area contributed by atoms with Gasteiger partial charge in [0, 0.05) is 9.35 Å². The van der Waals surface area contributed by atoms with Gasteiger partial charge in [-0.15, -0.1) is 11.3 Å². The Hall–Kier alpha value is -1.15. The fraction of sp³-hybridized carbons (Fsp3) is 0. The van der Waals surface area contributed by atoms with Crippen molar-refractivity contribution in [3.63, 3.8) is 0 Å². The maximum absolute atomic E-state index is 11.9. The minimum absolute atomic E-state index is 0.0907. The predicted octanol–water partition coefficient (Wildman–Crippen LogP) is 3.89. The monoisotopic (exact) mass is 405 g/mol. The summed E-state index contributed by atoms with van der Waals surface area (Å²) in [6, 6.07) is 8.14. The minimum Gasteiger partial charge on any atom is -0.268 e. The van der Waals surface area contributed by atoms with Crippen molar-refractivity contribution in [3.8, 4) is 0 Å². The summed E-state index contributed by atoms with van der Waals surface area (Å²) in [5.41, 5.74) is 0.0907. The van der Waals surface area contributed by atoms with E-state index in [1.807, 2.05) is 10.1 Å². The molecule has 2 aromatic rings. The van der Waals surface area contributed by atoms with Crippen LogP contribution in [0.1, 0.15) is 15.2 Å². The quantitative estimate of drug-likeness (QED) is 0.837. The number of carbonyl (C=O) groups excluding carboxylic acids is 1. The first-order valence-corrected chi connectivity index (χ1v) is 9.21. The molecule has 110 valence electrons. The number of hydrogen-bond donors (Lipinski definition) is 1. The van der Waals surface area contributed by atoms with Crippen LogP contribution in [0.5, 0.6) is 0 Å². The molecule has 8 heteroatoms. The van der Waals surface area contributed by atoms with Gasteiger partial charge in [-0.2, -0.15) is 0 Å². The average molecular weight is 407 g/mol. The van der Waals surface area contributed by atoms with Gasteiger partial charge in [-0.1, -0.05) is 33.6 Å². The van der Waals surface area contributed by atoms with Crippen molar-refractivity contribution < 1.29 is 13.2 Å². The first-order chi connectivity index (χ1) is 9.87. The van der Waals surface area contributed by atoms with Gasteiger partial charge in [0.1, 0.15) is 0 Å². The second-order valence-electron chi connectivity index (χ2n) is 3.92. The van der Waals surface area contributed by atoms with Gasteiger partial charge >= 0.3 is 0 Å². The molecule has 1 heterocycles. The Bertz CT molecular complexity index is 786. The van der Waals surface area contributed by atoms with E-state index in [0.717, 1.165) is 10.3 Å². The molecule has 0 aliphatic heterocycles. The molecule has 0 bridgehead atoms. The van der Waals surface area contributed by atoms with Crippen molar-refractivity contribution in [2.75, 3.05) is 0 Å². The molecule has 1 amide bonds. The molecule has 4 nitrogen and oxygen atoms in total. The lowest BCUT2D eigenvalue weighted by Crippen LogP contribution is -2.29. The number of nitrogens with one attached hydrogen (secondary N) is 1. The molecule has 1 aromatic carbocycles. The number of rotatable bonds is 4. The summed E-state index contributed by atoms with van der Waals surface area (Å²) in [7, 11) is -3.88. The number of sulfonamides is 1. The van der Waals surface area contributed by atoms with Gasteiger partial charge in [-0.3, -0.25) is 4.79 Å². The topological polar surface area (TPSA) is 63.2 Å². The Balaban J connectivity index is 2.14. The number of benzene rings is 1. The third-order valence-electron chi connectivity index (χ3n) is 2.37. The molecular formula is C13H9BrClNO3S2. The first-order valence-electron chi connectivity index (χ1n) is 5.61. The molecule has 1 N–H and O–H groups in total. The average Bonchev–Trinajstić information content (AvgIpc) is 2.88. The molecule has 0 spiro atoms. The fourth-order valence-electron chi connectivity index (χ4n) is 1.43. The summed E-state index contributed by atoms with van der Waals surface area (Å²) in [6.07, 6.45) is 1.42. The van der Waals surface area contributed by atoms with E-state index in [1.165, 1.54) is 29.5 Å². The normalized spacial score (nSPS) is 11.7. The number of carbonyl (C=O) groups is 1. The number of hydrogen-bond acceptors (Lipinski definition) is 4. The summed E-state index contributed by atoms with van der Waals surface area (Å²) in [6.45, 7) is 0. The second-order valence-corrected chi connectivity index (χ2v) is 7.79. The lowest BCUT2D eigenvalue weighted by Gasteiger charge is -2.05. The van der Waals surface area contributed by atoms with Crippen LogP contribution in [0.4, 0.5) is 0 Å². The summed E-state index contributed by atoms with van der Waals surface area (Å²) < 4.78 is 26.3. The fourth-order valence-corrected chi connectivity index (χ4v) is 3.66. The van der Waals surface area contributed by atoms with Gasteiger partial charge in [0.15, 0.2) is 0 Å². The van der Waals surface area contributed by atoms with Crippen LogP contribution in [-0.4, -0.2) is 14.3 Å². The van der Waals surface area contributed by atoms with E-state index in [2.05, 4.69) is 15.9 Å². The van der Waals surface area contributed by atoms with Crippen molar-refractivity contribution in [2.24, 2.45) is 0 Å². The number of halogens is 2. The third kappa shape index (κ3) is 4.67. The Labute approximate surface area is 139 Å². The van der Waals surface area contributed by atoms with Crippen LogP contribution in [0.3, 0.4) is 0 Å². The predicted molar refractivity (Wildman–Crippen MR) is 88.9 cm³/mol. The van der Waals surface area contributed by atoms with Crippen LogP contribution in [0, 0.1) is 0 Å². The van der Waals surface area contributed by atoms with Crippen LogP contribution in [-0.2, 0) is 10.0 Å². The van der Waals surface area contributed by atoms with Crippen LogP contribution < -0.4 is 4.72 Å². The largest absolute Gasteiger partial charge is 0.268 e. The van der Waals surface area contributed by atoms with Crippen molar-refractivity contribution in [2.45, 2.75) is 0 Å². The molecule has 0 atom stereocenters. The lowest BCUT2D eigenvalue weighted by molar-refractivity contribution is 0.0982. The van der Waals surface area contributed by atoms with E-state index in [0.29, 0.717) is 4.47 Å². The zero-order chi connectivity index (χ0) is 15.5. The van der Waals surface area contributed by atoms with Crippen molar-refractivity contribution >= 4 is 60.9 Å². The standard InChI is InChI=1S/C13H9BrClNO3S2/c14-9-3-4-11(12(15)8-9)13(17)16-21(18,19)7-5-10-2-1-6-20-10/h1-8H,(H,16,17). The van der Waals surface area contributed by atoms with Crippen LogP contribution >= 0.6 is 38.9 Å². The highest BCUT2D eigenvalue weighted by Crippen LogP contribution is 2.21. The molecule has 2 rings (SSSR count). The maximum atomic E-state index is 11.9. The van der Waals surface area contributed by atoms with Gasteiger partial charge in [-0.25, -0.2) is 13.1 Å². The van der Waals surface area contributed by atoms with Gasteiger partial charge < -0.3 is 0 Å². The molecule has 0 saturated carbocycles. The van der Waals surface area contributed by atoms with E-state index < -0.39 is 15.9 Å². The summed E-state index contributed by atoms with van der Waals surface area (Å²) in [4.78, 5) is 12.7. The highest BCUT2D eigenvalue weighted by atomic mass is 79.9. The number of thiophene rings is 1.